The lowest BCUT2D eigenvalue weighted by Crippen LogP contribution is -2.18. The van der Waals surface area contributed by atoms with Gasteiger partial charge in [0.05, 0.1) is 6.20 Å². The predicted molar refractivity (Wildman–Crippen MR) is 44.4 cm³/mol. The van der Waals surface area contributed by atoms with Gasteiger partial charge in [-0.15, -0.1) is 5.10 Å². The largest absolute Gasteiger partial charge is 0.502 e. The Hall–Kier alpha value is -2.18. The van der Waals surface area contributed by atoms with Crippen LogP contribution in [0.15, 0.2) is 21.7 Å². The van der Waals surface area contributed by atoms with Gasteiger partial charge in [0, 0.05) is 12.3 Å². The zero-order valence-corrected chi connectivity index (χ0v) is 7.21. The predicted octanol–water partition coefficient (Wildman–Crippen LogP) is -0.464. The Labute approximate surface area is 77.6 Å². The molecule has 0 aliphatic carbocycles. The van der Waals surface area contributed by atoms with Crippen molar-refractivity contribution in [3.8, 4) is 17.3 Å². The van der Waals surface area contributed by atoms with E-state index in [1.165, 1.54) is 13.2 Å². The van der Waals surface area contributed by atoms with Crippen molar-refractivity contribution in [1.29, 1.82) is 0 Å². The first-order chi connectivity index (χ1) is 6.70. The first kappa shape index (κ1) is 8.42. The Balaban J connectivity index is 2.68. The summed E-state index contributed by atoms with van der Waals surface area (Å²) in [7, 11) is 1.47. The van der Waals surface area contributed by atoms with Crippen molar-refractivity contribution in [3.05, 3.63) is 22.7 Å². The van der Waals surface area contributed by atoms with Gasteiger partial charge in [0.15, 0.2) is 11.6 Å². The molecule has 2 aromatic heterocycles. The van der Waals surface area contributed by atoms with E-state index in [9.17, 15) is 4.79 Å². The number of aromatic hydroxyl groups is 1. The molecule has 0 radical (unpaired) electrons. The van der Waals surface area contributed by atoms with E-state index in [4.69, 9.17) is 9.63 Å². The van der Waals surface area contributed by atoms with Gasteiger partial charge >= 0.3 is 0 Å². The summed E-state index contributed by atoms with van der Waals surface area (Å²) in [6.45, 7) is 0. The van der Waals surface area contributed by atoms with Crippen molar-refractivity contribution in [1.82, 2.24) is 19.9 Å². The van der Waals surface area contributed by atoms with E-state index in [0.717, 1.165) is 10.8 Å². The van der Waals surface area contributed by atoms with Gasteiger partial charge in [0.2, 0.25) is 5.76 Å². The Morgan fingerprint density at radius 1 is 1.50 bits per heavy atom. The van der Waals surface area contributed by atoms with Crippen molar-refractivity contribution in [2.45, 2.75) is 0 Å². The number of hydrogen-bond acceptors (Lipinski definition) is 6. The van der Waals surface area contributed by atoms with Crippen LogP contribution in [-0.2, 0) is 7.05 Å². The van der Waals surface area contributed by atoms with E-state index < -0.39 is 11.3 Å². The standard InChI is InChI=1S/C7H6N4O3/c1-11-6(5-3-9-10-14-5)8-2-4(12)7(11)13/h2-3,12H,1H3. The molecular weight excluding hydrogens is 188 g/mol. The molecule has 2 aromatic rings. The molecule has 0 spiro atoms. The van der Waals surface area contributed by atoms with Crippen LogP contribution >= 0.6 is 0 Å². The van der Waals surface area contributed by atoms with Gasteiger partial charge in [0.1, 0.15) is 6.20 Å². The average Bonchev–Trinajstić information content (AvgIpc) is 2.67. The van der Waals surface area contributed by atoms with Crippen LogP contribution in [0.3, 0.4) is 0 Å². The molecule has 2 heterocycles. The smallest absolute Gasteiger partial charge is 0.295 e. The van der Waals surface area contributed by atoms with Crippen LogP contribution in [0.2, 0.25) is 0 Å². The summed E-state index contributed by atoms with van der Waals surface area (Å²) < 4.78 is 5.88. The molecule has 1 N–H and O–H groups in total. The molecule has 0 aromatic carbocycles. The van der Waals surface area contributed by atoms with Crippen LogP contribution in [0, 0.1) is 0 Å². The van der Waals surface area contributed by atoms with Crippen LogP contribution < -0.4 is 5.56 Å². The minimum Gasteiger partial charge on any atom is -0.502 e. The minimum absolute atomic E-state index is 0.262. The summed E-state index contributed by atoms with van der Waals surface area (Å²) in [6.07, 6.45) is 2.39. The topological polar surface area (TPSA) is 94.0 Å². The molecule has 0 atom stereocenters. The van der Waals surface area contributed by atoms with Gasteiger partial charge < -0.3 is 9.63 Å². The third-order valence-electron chi connectivity index (χ3n) is 1.73. The molecule has 0 aliphatic heterocycles. The Bertz CT molecular complexity index is 502. The molecule has 14 heavy (non-hydrogen) atoms. The molecule has 0 amide bonds. The first-order valence-corrected chi connectivity index (χ1v) is 3.73. The van der Waals surface area contributed by atoms with Crippen LogP contribution in [0.5, 0.6) is 5.75 Å². The molecule has 72 valence electrons. The molecule has 0 aliphatic rings. The van der Waals surface area contributed by atoms with E-state index in [1.807, 2.05) is 0 Å². The maximum absolute atomic E-state index is 11.3. The Morgan fingerprint density at radius 2 is 2.29 bits per heavy atom. The molecule has 7 nitrogen and oxygen atoms in total. The summed E-state index contributed by atoms with van der Waals surface area (Å²) in [5, 5.41) is 15.8. The summed E-state index contributed by atoms with van der Waals surface area (Å²) >= 11 is 0. The maximum atomic E-state index is 11.3. The third kappa shape index (κ3) is 1.15. The molecule has 0 unspecified atom stereocenters. The highest BCUT2D eigenvalue weighted by Crippen LogP contribution is 2.12. The van der Waals surface area contributed by atoms with E-state index in [0.29, 0.717) is 0 Å². The molecule has 0 saturated carbocycles. The highest BCUT2D eigenvalue weighted by molar-refractivity contribution is 5.44. The number of rotatable bonds is 1. The van der Waals surface area contributed by atoms with E-state index in [2.05, 4.69) is 15.4 Å². The molecule has 2 rings (SSSR count). The zero-order valence-electron chi connectivity index (χ0n) is 7.21. The Morgan fingerprint density at radius 3 is 2.93 bits per heavy atom. The molecule has 0 bridgehead atoms. The molecule has 0 fully saturated rings. The zero-order chi connectivity index (χ0) is 10.1. The second kappa shape index (κ2) is 2.95. The normalized spacial score (nSPS) is 10.4. The van der Waals surface area contributed by atoms with E-state index >= 15 is 0 Å². The lowest BCUT2D eigenvalue weighted by molar-refractivity contribution is 0.398. The van der Waals surface area contributed by atoms with Crippen LogP contribution in [-0.4, -0.2) is 25.0 Å². The van der Waals surface area contributed by atoms with Crippen molar-refractivity contribution >= 4 is 0 Å². The monoisotopic (exact) mass is 194 g/mol. The quantitative estimate of drug-likeness (QED) is 0.659. The highest BCUT2D eigenvalue weighted by Gasteiger charge is 2.11. The van der Waals surface area contributed by atoms with Crippen molar-refractivity contribution in [2.24, 2.45) is 7.05 Å². The van der Waals surface area contributed by atoms with Crippen molar-refractivity contribution < 1.29 is 9.63 Å². The number of aromatic nitrogens is 4. The van der Waals surface area contributed by atoms with Crippen molar-refractivity contribution in [2.75, 3.05) is 0 Å². The fourth-order valence-electron chi connectivity index (χ4n) is 1.03. The average molecular weight is 194 g/mol. The third-order valence-corrected chi connectivity index (χ3v) is 1.73. The van der Waals surface area contributed by atoms with E-state index in [-0.39, 0.29) is 11.6 Å². The van der Waals surface area contributed by atoms with Gasteiger partial charge in [-0.1, -0.05) is 0 Å². The van der Waals surface area contributed by atoms with Gasteiger partial charge in [0.25, 0.3) is 5.56 Å². The number of hydrogen-bond donors (Lipinski definition) is 1. The van der Waals surface area contributed by atoms with Crippen LogP contribution in [0.1, 0.15) is 0 Å². The molecule has 0 saturated heterocycles. The van der Waals surface area contributed by atoms with Gasteiger partial charge in [-0.2, -0.15) is 0 Å². The minimum atomic E-state index is -0.550. The first-order valence-electron chi connectivity index (χ1n) is 3.73. The van der Waals surface area contributed by atoms with Gasteiger partial charge in [-0.25, -0.2) is 4.98 Å². The lowest BCUT2D eigenvalue weighted by Gasteiger charge is -2.02. The van der Waals surface area contributed by atoms with Crippen molar-refractivity contribution in [3.63, 3.8) is 0 Å². The van der Waals surface area contributed by atoms with Crippen LogP contribution in [0.25, 0.3) is 11.6 Å². The summed E-state index contributed by atoms with van der Waals surface area (Å²) in [5.74, 6) is 0.117. The highest BCUT2D eigenvalue weighted by atomic mass is 16.5. The summed E-state index contributed by atoms with van der Waals surface area (Å²) in [4.78, 5) is 15.1. The van der Waals surface area contributed by atoms with Gasteiger partial charge in [-0.3, -0.25) is 9.36 Å². The summed E-state index contributed by atoms with van der Waals surface area (Å²) in [5.41, 5.74) is -0.550. The SMILES string of the molecule is Cn1c(-c2cnno2)ncc(O)c1=O. The summed E-state index contributed by atoms with van der Waals surface area (Å²) in [6, 6.07) is 0. The fraction of sp³-hybridized carbons (Fsp3) is 0.143. The second-order valence-electron chi connectivity index (χ2n) is 2.61. The molecular formula is C7H6N4O3. The fourth-order valence-corrected chi connectivity index (χ4v) is 1.03. The lowest BCUT2D eigenvalue weighted by atomic mass is 10.4. The second-order valence-corrected chi connectivity index (χ2v) is 2.61. The maximum Gasteiger partial charge on any atom is 0.295 e. The van der Waals surface area contributed by atoms with Crippen LogP contribution in [0.4, 0.5) is 0 Å². The van der Waals surface area contributed by atoms with E-state index in [1.54, 1.807) is 0 Å². The molecule has 7 heteroatoms. The number of nitrogens with zero attached hydrogens (tertiary/aromatic N) is 4. The van der Waals surface area contributed by atoms with Gasteiger partial charge in [-0.05, 0) is 0 Å². The Kier molecular flexibility index (Phi) is 1.77.